The van der Waals surface area contributed by atoms with Crippen LogP contribution in [-0.4, -0.2) is 20.4 Å². The molecule has 418 valence electrons. The number of benzene rings is 9. The Morgan fingerprint density at radius 1 is 0.381 bits per heavy atom. The predicted molar refractivity (Wildman–Crippen MR) is 362 cm³/mol. The van der Waals surface area contributed by atoms with E-state index in [0.29, 0.717) is 17.8 Å². The van der Waals surface area contributed by atoms with E-state index in [9.17, 15) is 0 Å². The molecule has 16 rings (SSSR count). The maximum Gasteiger partial charge on any atom is 0.252 e. The molecule has 84 heavy (non-hydrogen) atoms. The Balaban J connectivity index is 1.17. The molecule has 3 nitrogen and oxygen atoms in total. The molecule has 4 heteroatoms. The monoisotopic (exact) mass is 1090 g/mol. The van der Waals surface area contributed by atoms with Crippen LogP contribution in [0, 0.1) is 0 Å². The summed E-state index contributed by atoms with van der Waals surface area (Å²) >= 11 is 0. The fraction of sp³-hybridized carbons (Fsp3) is 0.325. The normalized spacial score (nSPS) is 14.9. The zero-order chi connectivity index (χ0) is 58.7. The van der Waals surface area contributed by atoms with E-state index < -0.39 is 5.41 Å². The molecule has 0 saturated heterocycles. The molecular formula is C80H80BN3. The Kier molecular flexibility index (Phi) is 10.2. The van der Waals surface area contributed by atoms with Crippen LogP contribution in [0.3, 0.4) is 0 Å². The number of rotatable bonds is 4. The lowest BCUT2D eigenvalue weighted by Gasteiger charge is -2.45. The van der Waals surface area contributed by atoms with Gasteiger partial charge < -0.3 is 13.7 Å². The van der Waals surface area contributed by atoms with Gasteiger partial charge in [-0.2, -0.15) is 0 Å². The van der Waals surface area contributed by atoms with Crippen LogP contribution in [0.4, 0.5) is 0 Å². The summed E-state index contributed by atoms with van der Waals surface area (Å²) < 4.78 is 8.22. The van der Waals surface area contributed by atoms with Gasteiger partial charge in [0.1, 0.15) is 0 Å². The number of hydrogen-bond donors (Lipinski definition) is 0. The van der Waals surface area contributed by atoms with Crippen molar-refractivity contribution in [3.8, 4) is 28.2 Å². The number of aromatic nitrogens is 3. The second-order valence-electron chi connectivity index (χ2n) is 31.1. The highest BCUT2D eigenvalue weighted by Crippen LogP contribution is 2.63. The van der Waals surface area contributed by atoms with Crippen molar-refractivity contribution < 1.29 is 0 Å². The minimum Gasteiger partial charge on any atom is -0.310 e. The Morgan fingerprint density at radius 2 is 0.952 bits per heavy atom. The molecule has 1 aliphatic carbocycles. The zero-order valence-corrected chi connectivity index (χ0v) is 52.9. The summed E-state index contributed by atoms with van der Waals surface area (Å²) in [6.07, 6.45) is 0. The second-order valence-corrected chi connectivity index (χ2v) is 31.1. The Labute approximate surface area is 497 Å². The van der Waals surface area contributed by atoms with Crippen molar-refractivity contribution in [2.75, 3.05) is 0 Å². The molecule has 1 spiro atoms. The van der Waals surface area contributed by atoms with Gasteiger partial charge in [-0.05, 0) is 183 Å². The van der Waals surface area contributed by atoms with E-state index in [1.807, 2.05) is 0 Å². The van der Waals surface area contributed by atoms with Crippen LogP contribution in [0.2, 0.25) is 0 Å². The topological polar surface area (TPSA) is 14.8 Å². The molecule has 0 fully saturated rings. The molecule has 0 N–H and O–H groups in total. The smallest absolute Gasteiger partial charge is 0.252 e. The van der Waals surface area contributed by atoms with E-state index in [-0.39, 0.29) is 28.4 Å². The van der Waals surface area contributed by atoms with E-state index in [4.69, 9.17) is 0 Å². The zero-order valence-electron chi connectivity index (χ0n) is 52.9. The summed E-state index contributed by atoms with van der Waals surface area (Å²) in [7, 11) is 0. The molecule has 0 radical (unpaired) electrons. The maximum atomic E-state index is 2.83. The van der Waals surface area contributed by atoms with Gasteiger partial charge in [-0.3, -0.25) is 0 Å². The fourth-order valence-corrected chi connectivity index (χ4v) is 16.4. The van der Waals surface area contributed by atoms with E-state index in [1.165, 1.54) is 171 Å². The average Bonchev–Trinajstić information content (AvgIpc) is 1.42. The van der Waals surface area contributed by atoms with Crippen LogP contribution >= 0.6 is 0 Å². The van der Waals surface area contributed by atoms with Crippen LogP contribution in [0.25, 0.3) is 93.6 Å². The Hall–Kier alpha value is -7.56. The minimum absolute atomic E-state index is 0.0683. The van der Waals surface area contributed by atoms with Crippen LogP contribution in [0.15, 0.2) is 140 Å². The van der Waals surface area contributed by atoms with Gasteiger partial charge in [-0.1, -0.05) is 210 Å². The first-order chi connectivity index (χ1) is 39.7. The molecule has 3 aliphatic heterocycles. The summed E-state index contributed by atoms with van der Waals surface area (Å²) in [6, 6.07) is 57.8. The van der Waals surface area contributed by atoms with Crippen LogP contribution in [-0.2, 0) is 27.1 Å². The third kappa shape index (κ3) is 6.51. The molecule has 0 atom stereocenters. The lowest BCUT2D eigenvalue weighted by Crippen LogP contribution is -2.60. The summed E-state index contributed by atoms with van der Waals surface area (Å²) in [5.41, 5.74) is 33.0. The summed E-state index contributed by atoms with van der Waals surface area (Å²) in [5.74, 6) is 1.12. The largest absolute Gasteiger partial charge is 0.310 e. The molecule has 0 unspecified atom stereocenters. The van der Waals surface area contributed by atoms with E-state index >= 15 is 0 Å². The van der Waals surface area contributed by atoms with Crippen molar-refractivity contribution in [2.24, 2.45) is 0 Å². The van der Waals surface area contributed by atoms with Crippen molar-refractivity contribution in [3.63, 3.8) is 0 Å². The van der Waals surface area contributed by atoms with Crippen molar-refractivity contribution in [1.29, 1.82) is 0 Å². The number of nitrogens with zero attached hydrogens (tertiary/aromatic N) is 3. The first-order valence-corrected chi connectivity index (χ1v) is 31.5. The van der Waals surface area contributed by atoms with E-state index in [0.717, 1.165) is 0 Å². The Bertz CT molecular complexity index is 4890. The quantitative estimate of drug-likeness (QED) is 0.156. The molecule has 0 bridgehead atoms. The van der Waals surface area contributed by atoms with Gasteiger partial charge >= 0.3 is 0 Å². The van der Waals surface area contributed by atoms with Gasteiger partial charge in [0, 0.05) is 54.9 Å². The van der Waals surface area contributed by atoms with Gasteiger partial charge in [-0.15, -0.1) is 0 Å². The van der Waals surface area contributed by atoms with Crippen molar-refractivity contribution in [1.82, 2.24) is 13.7 Å². The number of fused-ring (bicyclic) bond motifs is 18. The predicted octanol–water partition coefficient (Wildman–Crippen LogP) is 19.4. The summed E-state index contributed by atoms with van der Waals surface area (Å²) in [5, 5.41) is 8.20. The van der Waals surface area contributed by atoms with Crippen molar-refractivity contribution in [2.45, 2.75) is 169 Å². The highest BCUT2D eigenvalue weighted by Gasteiger charge is 2.55. The van der Waals surface area contributed by atoms with E-state index in [1.54, 1.807) is 0 Å². The molecule has 0 saturated carbocycles. The number of hydrogen-bond acceptors (Lipinski definition) is 0. The van der Waals surface area contributed by atoms with Crippen LogP contribution in [0.1, 0.15) is 204 Å². The van der Waals surface area contributed by atoms with Crippen molar-refractivity contribution in [3.05, 3.63) is 201 Å². The fourth-order valence-electron chi connectivity index (χ4n) is 16.4. The third-order valence-corrected chi connectivity index (χ3v) is 20.9. The molecular weight excluding hydrogens is 1010 g/mol. The SMILES string of the molecule is CC(C)c1ccc(-n2c3ccc(C(C)C)cc3c3c4c5c(C(C)C)cccc5n5c4c(cc32)B2c3c-5ccc4c3-n3c5c2cc(C(C)(C)C)cc5c2cc(C(C)(C)C)cc(c23)C42c3cc(C(C)(C)C)ccc3-c3ccc(C(C)(C)C)cc32)cc1. The van der Waals surface area contributed by atoms with Crippen LogP contribution < -0.4 is 16.4 Å². The highest BCUT2D eigenvalue weighted by molar-refractivity contribution is 7.00. The van der Waals surface area contributed by atoms with Crippen molar-refractivity contribution >= 4 is 88.5 Å². The maximum absolute atomic E-state index is 2.83. The lowest BCUT2D eigenvalue weighted by atomic mass is 9.33. The molecule has 9 aromatic carbocycles. The Morgan fingerprint density at radius 3 is 1.55 bits per heavy atom. The standard InChI is InChI=1S/C80H80BN3/c1-42(2)45-22-27-51(28-23-45)82-64-32-24-46(43(3)4)34-57(64)69-67(82)41-63-75-70(69)68-52(44(5)6)20-19-21-65(68)83(75)66-33-31-58-74-71(66)81(63)62-40-50(79(16,17)18)36-56-55-35-49(78(13,14)15)39-61(72(55)84(74)73(56)62)80(58)59-37-47(76(7,8)9)25-29-53(59)54-30-26-48(38-60(54)80)77(10,11)12/h19-44H,1-18H3. The van der Waals surface area contributed by atoms with Gasteiger partial charge in [0.25, 0.3) is 6.71 Å². The first kappa shape index (κ1) is 52.0. The third-order valence-electron chi connectivity index (χ3n) is 20.9. The van der Waals surface area contributed by atoms with Gasteiger partial charge in [0.15, 0.2) is 0 Å². The van der Waals surface area contributed by atoms with E-state index in [2.05, 4.69) is 278 Å². The van der Waals surface area contributed by atoms with Gasteiger partial charge in [0.05, 0.1) is 33.0 Å². The molecule has 3 aromatic heterocycles. The molecule has 4 aliphatic rings. The highest BCUT2D eigenvalue weighted by atomic mass is 15.1. The van der Waals surface area contributed by atoms with Crippen LogP contribution in [0.5, 0.6) is 0 Å². The van der Waals surface area contributed by atoms with Gasteiger partial charge in [-0.25, -0.2) is 0 Å². The molecule has 0 amide bonds. The van der Waals surface area contributed by atoms with Gasteiger partial charge in [0.2, 0.25) is 0 Å². The lowest BCUT2D eigenvalue weighted by molar-refractivity contribution is 0.583. The first-order valence-electron chi connectivity index (χ1n) is 31.5. The molecule has 12 aromatic rings. The minimum atomic E-state index is -0.637. The summed E-state index contributed by atoms with van der Waals surface area (Å²) in [4.78, 5) is 0. The second kappa shape index (κ2) is 16.4. The summed E-state index contributed by atoms with van der Waals surface area (Å²) in [6.45, 7) is 42.9. The molecule has 6 heterocycles. The average molecular weight is 1090 g/mol.